The molecule has 1 aromatic heterocycles. The molecule has 0 fully saturated rings. The van der Waals surface area contributed by atoms with E-state index >= 15 is 0 Å². The van der Waals surface area contributed by atoms with Crippen LogP contribution in [-0.4, -0.2) is 11.1 Å². The van der Waals surface area contributed by atoms with Gasteiger partial charge in [0, 0.05) is 16.8 Å². The average Bonchev–Trinajstić information content (AvgIpc) is 2.46. The highest BCUT2D eigenvalue weighted by molar-refractivity contribution is 6.02. The fraction of sp³-hybridized carbons (Fsp3) is 0.111. The molecule has 0 aliphatic heterocycles. The Labute approximate surface area is 123 Å². The summed E-state index contributed by atoms with van der Waals surface area (Å²) in [5, 5.41) is 2.02. The molecule has 102 valence electrons. The Hall–Kier alpha value is -2.77. The summed E-state index contributed by atoms with van der Waals surface area (Å²) in [6.45, 7) is 3.98. The Bertz CT molecular complexity index is 857. The van der Waals surface area contributed by atoms with Crippen LogP contribution < -0.4 is 0 Å². The number of benzene rings is 2. The van der Waals surface area contributed by atoms with Crippen LogP contribution in [0.25, 0.3) is 21.9 Å². The van der Waals surface area contributed by atoms with E-state index in [1.54, 1.807) is 6.08 Å². The molecule has 0 saturated carbocycles. The topological polar surface area (TPSA) is 42.3 Å². The first kappa shape index (κ1) is 13.2. The maximum absolute atomic E-state index is 10.6. The second kappa shape index (κ2) is 5.31. The standard InChI is InChI=1S/C18H14N2O/c1-12-9-14(10-13(2)20-12)15-5-3-7-17-16(15)6-4-8-18(17)19-11-21/h3-10H,1-2H3. The van der Waals surface area contributed by atoms with Crippen LogP contribution in [-0.2, 0) is 4.79 Å². The summed E-state index contributed by atoms with van der Waals surface area (Å²) >= 11 is 0. The van der Waals surface area contributed by atoms with E-state index < -0.39 is 0 Å². The predicted molar refractivity (Wildman–Crippen MR) is 84.4 cm³/mol. The lowest BCUT2D eigenvalue weighted by Gasteiger charge is -2.09. The first-order chi connectivity index (χ1) is 10.2. The van der Waals surface area contributed by atoms with Crippen molar-refractivity contribution in [3.05, 3.63) is 59.9 Å². The third kappa shape index (κ3) is 2.47. The normalized spacial score (nSPS) is 10.4. The molecule has 2 aromatic carbocycles. The molecule has 0 bridgehead atoms. The Balaban J connectivity index is 2.33. The highest BCUT2D eigenvalue weighted by Crippen LogP contribution is 2.33. The van der Waals surface area contributed by atoms with E-state index in [0.717, 1.165) is 33.3 Å². The van der Waals surface area contributed by atoms with Gasteiger partial charge in [0.15, 0.2) is 0 Å². The highest BCUT2D eigenvalue weighted by atomic mass is 16.1. The lowest BCUT2D eigenvalue weighted by Crippen LogP contribution is -1.89. The van der Waals surface area contributed by atoms with Gasteiger partial charge in [-0.25, -0.2) is 4.79 Å². The van der Waals surface area contributed by atoms with Gasteiger partial charge < -0.3 is 0 Å². The molecule has 0 saturated heterocycles. The number of aryl methyl sites for hydroxylation is 2. The van der Waals surface area contributed by atoms with Gasteiger partial charge >= 0.3 is 0 Å². The number of isocyanates is 1. The number of hydrogen-bond acceptors (Lipinski definition) is 3. The average molecular weight is 274 g/mol. The van der Waals surface area contributed by atoms with Gasteiger partial charge in [-0.1, -0.05) is 30.3 Å². The Morgan fingerprint density at radius 3 is 2.33 bits per heavy atom. The van der Waals surface area contributed by atoms with Crippen LogP contribution in [0.1, 0.15) is 11.4 Å². The maximum Gasteiger partial charge on any atom is 0.240 e. The SMILES string of the molecule is Cc1cc(-c2cccc3c(N=C=O)cccc23)cc(C)n1. The molecule has 0 amide bonds. The van der Waals surface area contributed by atoms with Crippen molar-refractivity contribution in [3.63, 3.8) is 0 Å². The molecule has 0 atom stereocenters. The van der Waals surface area contributed by atoms with E-state index in [9.17, 15) is 4.79 Å². The molecule has 0 aliphatic rings. The van der Waals surface area contributed by atoms with Crippen molar-refractivity contribution in [2.45, 2.75) is 13.8 Å². The molecule has 21 heavy (non-hydrogen) atoms. The molecule has 3 nitrogen and oxygen atoms in total. The summed E-state index contributed by atoms with van der Waals surface area (Å²) < 4.78 is 0. The van der Waals surface area contributed by atoms with Crippen molar-refractivity contribution < 1.29 is 4.79 Å². The van der Waals surface area contributed by atoms with E-state index in [1.807, 2.05) is 44.2 Å². The van der Waals surface area contributed by atoms with E-state index in [0.29, 0.717) is 5.69 Å². The minimum Gasteiger partial charge on any atom is -0.258 e. The fourth-order valence-electron chi connectivity index (χ4n) is 2.68. The van der Waals surface area contributed by atoms with Crippen LogP contribution in [0, 0.1) is 13.8 Å². The number of hydrogen-bond donors (Lipinski definition) is 0. The van der Waals surface area contributed by atoms with Crippen molar-refractivity contribution in [2.24, 2.45) is 4.99 Å². The second-order valence-corrected chi connectivity index (χ2v) is 5.02. The van der Waals surface area contributed by atoms with Gasteiger partial charge in [-0.3, -0.25) is 4.98 Å². The van der Waals surface area contributed by atoms with Crippen LogP contribution in [0.5, 0.6) is 0 Å². The Kier molecular flexibility index (Phi) is 3.35. The van der Waals surface area contributed by atoms with Gasteiger partial charge in [-0.15, -0.1) is 0 Å². The number of fused-ring (bicyclic) bond motifs is 1. The minimum atomic E-state index is 0.645. The fourth-order valence-corrected chi connectivity index (χ4v) is 2.68. The van der Waals surface area contributed by atoms with Crippen LogP contribution in [0.2, 0.25) is 0 Å². The summed E-state index contributed by atoms with van der Waals surface area (Å²) in [4.78, 5) is 18.8. The number of aromatic nitrogens is 1. The van der Waals surface area contributed by atoms with Crippen LogP contribution >= 0.6 is 0 Å². The highest BCUT2D eigenvalue weighted by Gasteiger charge is 2.07. The van der Waals surface area contributed by atoms with Crippen molar-refractivity contribution >= 4 is 22.5 Å². The van der Waals surface area contributed by atoms with Crippen molar-refractivity contribution in [3.8, 4) is 11.1 Å². The molecule has 0 aliphatic carbocycles. The van der Waals surface area contributed by atoms with E-state index in [2.05, 4.69) is 28.2 Å². The molecule has 3 aromatic rings. The lowest BCUT2D eigenvalue weighted by molar-refractivity contribution is 0.565. The number of nitrogens with zero attached hydrogens (tertiary/aromatic N) is 2. The van der Waals surface area contributed by atoms with Crippen LogP contribution in [0.15, 0.2) is 53.5 Å². The van der Waals surface area contributed by atoms with E-state index in [-0.39, 0.29) is 0 Å². The van der Waals surface area contributed by atoms with Gasteiger partial charge in [0.25, 0.3) is 0 Å². The smallest absolute Gasteiger partial charge is 0.240 e. The molecule has 0 spiro atoms. The van der Waals surface area contributed by atoms with Gasteiger partial charge in [0.2, 0.25) is 6.08 Å². The van der Waals surface area contributed by atoms with Crippen molar-refractivity contribution in [1.29, 1.82) is 0 Å². The molecule has 0 radical (unpaired) electrons. The predicted octanol–water partition coefficient (Wildman–Crippen LogP) is 4.49. The lowest BCUT2D eigenvalue weighted by atomic mass is 9.97. The summed E-state index contributed by atoms with van der Waals surface area (Å²) in [5.74, 6) is 0. The molecule has 3 rings (SSSR count). The van der Waals surface area contributed by atoms with Gasteiger partial charge in [-0.2, -0.15) is 4.99 Å². The van der Waals surface area contributed by atoms with Crippen LogP contribution in [0.3, 0.4) is 0 Å². The number of rotatable bonds is 2. The Morgan fingerprint density at radius 2 is 1.62 bits per heavy atom. The zero-order valence-electron chi connectivity index (χ0n) is 11.9. The quantitative estimate of drug-likeness (QED) is 0.510. The summed E-state index contributed by atoms with van der Waals surface area (Å²) in [7, 11) is 0. The third-order valence-corrected chi connectivity index (χ3v) is 3.46. The Morgan fingerprint density at radius 1 is 0.952 bits per heavy atom. The number of carbonyl (C=O) groups excluding carboxylic acids is 1. The largest absolute Gasteiger partial charge is 0.258 e. The van der Waals surface area contributed by atoms with Gasteiger partial charge in [0.1, 0.15) is 0 Å². The first-order valence-corrected chi connectivity index (χ1v) is 6.74. The number of aliphatic imine (C=N–C) groups is 1. The van der Waals surface area contributed by atoms with E-state index in [4.69, 9.17) is 0 Å². The molecule has 0 N–H and O–H groups in total. The maximum atomic E-state index is 10.6. The van der Waals surface area contributed by atoms with Gasteiger partial charge in [0.05, 0.1) is 5.69 Å². The second-order valence-electron chi connectivity index (χ2n) is 5.02. The molecule has 1 heterocycles. The molecular weight excluding hydrogens is 260 g/mol. The van der Waals surface area contributed by atoms with Crippen LogP contribution in [0.4, 0.5) is 5.69 Å². The summed E-state index contributed by atoms with van der Waals surface area (Å²) in [6, 6.07) is 15.9. The number of pyridine rings is 1. The zero-order valence-corrected chi connectivity index (χ0v) is 11.9. The first-order valence-electron chi connectivity index (χ1n) is 6.74. The summed E-state index contributed by atoms with van der Waals surface area (Å²) in [5.41, 5.74) is 4.86. The van der Waals surface area contributed by atoms with Crippen molar-refractivity contribution in [2.75, 3.05) is 0 Å². The molecule has 3 heteroatoms. The van der Waals surface area contributed by atoms with Gasteiger partial charge in [-0.05, 0) is 48.6 Å². The third-order valence-electron chi connectivity index (χ3n) is 3.46. The van der Waals surface area contributed by atoms with Crippen molar-refractivity contribution in [1.82, 2.24) is 4.98 Å². The zero-order chi connectivity index (χ0) is 14.8. The summed E-state index contributed by atoms with van der Waals surface area (Å²) in [6.07, 6.45) is 1.62. The molecular formula is C18H14N2O. The molecule has 0 unspecified atom stereocenters. The monoisotopic (exact) mass is 274 g/mol. The minimum absolute atomic E-state index is 0.645. The van der Waals surface area contributed by atoms with E-state index in [1.165, 1.54) is 0 Å².